The van der Waals surface area contributed by atoms with Gasteiger partial charge in [-0.25, -0.2) is 0 Å². The molecule has 0 aromatic rings. The van der Waals surface area contributed by atoms with Crippen molar-refractivity contribution >= 4 is 5.91 Å². The molecule has 0 aromatic carbocycles. The lowest BCUT2D eigenvalue weighted by Gasteiger charge is -2.25. The summed E-state index contributed by atoms with van der Waals surface area (Å²) >= 11 is 0. The maximum atomic E-state index is 11.2. The van der Waals surface area contributed by atoms with Crippen molar-refractivity contribution in [3.8, 4) is 0 Å². The third-order valence-corrected chi connectivity index (χ3v) is 2.11. The van der Waals surface area contributed by atoms with Gasteiger partial charge in [0.1, 0.15) is 0 Å². The fraction of sp³-hybridized carbons (Fsp3) is 0.417. The highest BCUT2D eigenvalue weighted by atomic mass is 16.2. The number of carbonyl (C=O) groups is 1. The Labute approximate surface area is 86.6 Å². The van der Waals surface area contributed by atoms with E-state index in [9.17, 15) is 4.79 Å². The van der Waals surface area contributed by atoms with Crippen molar-refractivity contribution in [3.05, 3.63) is 36.6 Å². The minimum Gasteiger partial charge on any atom is -0.315 e. The highest BCUT2D eigenvalue weighted by Crippen LogP contribution is 2.22. The number of rotatable bonds is 2. The Bertz CT molecular complexity index is 263. The zero-order chi connectivity index (χ0) is 11.1. The van der Waals surface area contributed by atoms with Crippen LogP contribution < -0.4 is 0 Å². The first-order chi connectivity index (χ1) is 6.70. The quantitative estimate of drug-likeness (QED) is 0.660. The van der Waals surface area contributed by atoms with Crippen molar-refractivity contribution < 1.29 is 4.79 Å². The van der Waals surface area contributed by atoms with Crippen LogP contribution in [0.15, 0.2) is 36.6 Å². The molecule has 0 atom stereocenters. The Hall–Kier alpha value is -1.31. The number of likely N-dealkylation sites (N-methyl/N-ethyl adjacent to an activating group) is 1. The molecule has 0 aliphatic carbocycles. The van der Waals surface area contributed by atoms with Crippen molar-refractivity contribution in [2.75, 3.05) is 7.05 Å². The summed E-state index contributed by atoms with van der Waals surface area (Å²) in [5, 5.41) is 0. The van der Waals surface area contributed by atoms with Crippen molar-refractivity contribution in [2.24, 2.45) is 0 Å². The van der Waals surface area contributed by atoms with Gasteiger partial charge in [-0.1, -0.05) is 33.1 Å². The van der Waals surface area contributed by atoms with Gasteiger partial charge >= 0.3 is 0 Å². The van der Waals surface area contributed by atoms with E-state index in [4.69, 9.17) is 0 Å². The van der Waals surface area contributed by atoms with E-state index in [0.29, 0.717) is 6.42 Å². The normalized spacial score (nSPS) is 15.9. The molecule has 2 heteroatoms. The number of carbonyl (C=O) groups excluding carboxylic acids is 1. The Kier molecular flexibility index (Phi) is 5.61. The van der Waals surface area contributed by atoms with E-state index in [-0.39, 0.29) is 5.91 Å². The lowest BCUT2D eigenvalue weighted by atomic mass is 10.0. The van der Waals surface area contributed by atoms with Gasteiger partial charge in [0.2, 0.25) is 5.91 Å². The second-order valence-corrected chi connectivity index (χ2v) is 2.77. The summed E-state index contributed by atoms with van der Waals surface area (Å²) in [5.74, 6) is 0.149. The molecule has 1 amide bonds. The SMILES string of the molecule is C=CC1=C(C=C)N(C)C(=O)CC1.CC. The van der Waals surface area contributed by atoms with Crippen molar-refractivity contribution in [2.45, 2.75) is 26.7 Å². The Morgan fingerprint density at radius 3 is 2.21 bits per heavy atom. The van der Waals surface area contributed by atoms with Crippen molar-refractivity contribution in [3.63, 3.8) is 0 Å². The van der Waals surface area contributed by atoms with Gasteiger partial charge in [-0.15, -0.1) is 0 Å². The summed E-state index contributed by atoms with van der Waals surface area (Å²) in [6.07, 6.45) is 4.86. The summed E-state index contributed by atoms with van der Waals surface area (Å²) in [7, 11) is 1.77. The maximum absolute atomic E-state index is 11.2. The number of nitrogens with zero attached hydrogens (tertiary/aromatic N) is 1. The van der Waals surface area contributed by atoms with E-state index in [1.807, 2.05) is 13.8 Å². The first-order valence-electron chi connectivity index (χ1n) is 4.95. The van der Waals surface area contributed by atoms with E-state index in [1.54, 1.807) is 24.1 Å². The number of allylic oxidation sites excluding steroid dienone is 3. The first kappa shape index (κ1) is 12.7. The van der Waals surface area contributed by atoms with Gasteiger partial charge in [0.25, 0.3) is 0 Å². The average molecular weight is 193 g/mol. The van der Waals surface area contributed by atoms with Crippen LogP contribution in [0.3, 0.4) is 0 Å². The summed E-state index contributed by atoms with van der Waals surface area (Å²) in [6, 6.07) is 0. The van der Waals surface area contributed by atoms with Crippen LogP contribution in [0, 0.1) is 0 Å². The molecule has 0 saturated carbocycles. The molecule has 0 N–H and O–H groups in total. The smallest absolute Gasteiger partial charge is 0.227 e. The highest BCUT2D eigenvalue weighted by molar-refractivity contribution is 5.80. The fourth-order valence-corrected chi connectivity index (χ4v) is 1.36. The van der Waals surface area contributed by atoms with Crippen molar-refractivity contribution in [1.29, 1.82) is 0 Å². The second kappa shape index (κ2) is 6.19. The summed E-state index contributed by atoms with van der Waals surface area (Å²) in [6.45, 7) is 11.4. The minimum absolute atomic E-state index is 0.149. The maximum Gasteiger partial charge on any atom is 0.227 e. The van der Waals surface area contributed by atoms with Gasteiger partial charge in [0.05, 0.1) is 0 Å². The van der Waals surface area contributed by atoms with E-state index in [1.165, 1.54) is 0 Å². The van der Waals surface area contributed by atoms with Gasteiger partial charge in [0, 0.05) is 19.2 Å². The molecule has 0 bridgehead atoms. The molecule has 0 aromatic heterocycles. The fourth-order valence-electron chi connectivity index (χ4n) is 1.36. The van der Waals surface area contributed by atoms with Crippen LogP contribution in [0.4, 0.5) is 0 Å². The van der Waals surface area contributed by atoms with Gasteiger partial charge in [0.15, 0.2) is 0 Å². The van der Waals surface area contributed by atoms with Crippen LogP contribution in [0.25, 0.3) is 0 Å². The monoisotopic (exact) mass is 193 g/mol. The average Bonchev–Trinajstić information content (AvgIpc) is 2.24. The first-order valence-corrected chi connectivity index (χ1v) is 4.95. The van der Waals surface area contributed by atoms with Gasteiger partial charge < -0.3 is 4.90 Å². The largest absolute Gasteiger partial charge is 0.315 e. The molecule has 0 saturated heterocycles. The molecule has 0 spiro atoms. The summed E-state index contributed by atoms with van der Waals surface area (Å²) < 4.78 is 0. The number of amides is 1. The molecule has 0 fully saturated rings. The molecular formula is C12H19NO. The predicted octanol–water partition coefficient (Wildman–Crippen LogP) is 2.89. The minimum atomic E-state index is 0.149. The highest BCUT2D eigenvalue weighted by Gasteiger charge is 2.19. The third-order valence-electron chi connectivity index (χ3n) is 2.11. The molecule has 1 heterocycles. The van der Waals surface area contributed by atoms with Crippen LogP contribution in [0.2, 0.25) is 0 Å². The Morgan fingerprint density at radius 2 is 1.79 bits per heavy atom. The molecule has 0 radical (unpaired) electrons. The van der Waals surface area contributed by atoms with Gasteiger partial charge in [-0.05, 0) is 18.1 Å². The van der Waals surface area contributed by atoms with Gasteiger partial charge in [-0.2, -0.15) is 0 Å². The van der Waals surface area contributed by atoms with Crippen LogP contribution >= 0.6 is 0 Å². The third kappa shape index (κ3) is 2.59. The Morgan fingerprint density at radius 1 is 1.21 bits per heavy atom. The molecule has 1 aliphatic rings. The van der Waals surface area contributed by atoms with E-state index in [0.717, 1.165) is 17.7 Å². The summed E-state index contributed by atoms with van der Waals surface area (Å²) in [4.78, 5) is 12.9. The molecule has 14 heavy (non-hydrogen) atoms. The van der Waals surface area contributed by atoms with E-state index >= 15 is 0 Å². The molecule has 0 unspecified atom stereocenters. The molecule has 78 valence electrons. The van der Waals surface area contributed by atoms with Gasteiger partial charge in [-0.3, -0.25) is 4.79 Å². The standard InChI is InChI=1S/C10H13NO.C2H6/c1-4-8-6-7-10(12)11(3)9(8)5-2;1-2/h4-5H,1-2,6-7H2,3H3;1-2H3. The van der Waals surface area contributed by atoms with E-state index < -0.39 is 0 Å². The van der Waals surface area contributed by atoms with Crippen LogP contribution in [0.5, 0.6) is 0 Å². The topological polar surface area (TPSA) is 20.3 Å². The molecular weight excluding hydrogens is 174 g/mol. The zero-order valence-corrected chi connectivity index (χ0v) is 9.34. The van der Waals surface area contributed by atoms with E-state index in [2.05, 4.69) is 13.2 Å². The van der Waals surface area contributed by atoms with Crippen LogP contribution in [-0.2, 0) is 4.79 Å². The van der Waals surface area contributed by atoms with Crippen molar-refractivity contribution in [1.82, 2.24) is 4.90 Å². The lowest BCUT2D eigenvalue weighted by Crippen LogP contribution is -2.29. The summed E-state index contributed by atoms with van der Waals surface area (Å²) in [5.41, 5.74) is 1.99. The molecule has 2 nitrogen and oxygen atoms in total. The Balaban J connectivity index is 0.000000791. The van der Waals surface area contributed by atoms with Crippen LogP contribution in [0.1, 0.15) is 26.7 Å². The zero-order valence-electron chi connectivity index (χ0n) is 9.34. The lowest BCUT2D eigenvalue weighted by molar-refractivity contribution is -0.128. The predicted molar refractivity (Wildman–Crippen MR) is 60.8 cm³/mol. The second-order valence-electron chi connectivity index (χ2n) is 2.77. The number of hydrogen-bond donors (Lipinski definition) is 0. The molecule has 1 aliphatic heterocycles. The molecule has 1 rings (SSSR count). The van der Waals surface area contributed by atoms with Crippen LogP contribution in [-0.4, -0.2) is 17.9 Å². The number of hydrogen-bond acceptors (Lipinski definition) is 1.